The van der Waals surface area contributed by atoms with Gasteiger partial charge in [0, 0.05) is 28.5 Å². The molecule has 2 aromatic carbocycles. The van der Waals surface area contributed by atoms with Crippen LogP contribution < -0.4 is 16.8 Å². The average molecular weight is 452 g/mol. The van der Waals surface area contributed by atoms with Gasteiger partial charge in [0.05, 0.1) is 5.52 Å². The standard InChI is InChI=1S/C27H29N7/c1-4-10-19(3)24(5-2)32-26(13-8-9-16-28)34-25-12-7-6-11-22(25)27(33-34)31-21-14-15-23(30)20(17-21)18-29/h6-18,29H,2,4,28,30H2,1,3H3,(H,31,33)/b13-8-,16-9+,19-10+,29-18?,32-26?. The molecule has 0 radical (unpaired) electrons. The van der Waals surface area contributed by atoms with Gasteiger partial charge in [-0.25, -0.2) is 9.67 Å². The van der Waals surface area contributed by atoms with Gasteiger partial charge in [0.25, 0.3) is 0 Å². The molecule has 0 amide bonds. The first kappa shape index (κ1) is 24.0. The molecule has 0 saturated heterocycles. The van der Waals surface area contributed by atoms with Crippen molar-refractivity contribution in [3.63, 3.8) is 0 Å². The Balaban J connectivity index is 2.17. The molecule has 1 aromatic heterocycles. The van der Waals surface area contributed by atoms with Crippen LogP contribution in [-0.2, 0) is 0 Å². The lowest BCUT2D eigenvalue weighted by Gasteiger charge is -2.07. The van der Waals surface area contributed by atoms with Crippen molar-refractivity contribution in [1.29, 1.82) is 5.41 Å². The highest BCUT2D eigenvalue weighted by Crippen LogP contribution is 2.27. The van der Waals surface area contributed by atoms with Crippen molar-refractivity contribution in [2.75, 3.05) is 11.1 Å². The summed E-state index contributed by atoms with van der Waals surface area (Å²) in [6.07, 6.45) is 11.0. The zero-order valence-corrected chi connectivity index (χ0v) is 19.4. The molecule has 34 heavy (non-hydrogen) atoms. The van der Waals surface area contributed by atoms with Crippen molar-refractivity contribution >= 4 is 40.1 Å². The smallest absolute Gasteiger partial charge is 0.160 e. The number of nitrogens with one attached hydrogen (secondary N) is 2. The number of fused-ring (bicyclic) bond motifs is 1. The zero-order chi connectivity index (χ0) is 24.5. The van der Waals surface area contributed by atoms with Crippen LogP contribution in [-0.4, -0.2) is 21.8 Å². The highest BCUT2D eigenvalue weighted by molar-refractivity contribution is 6.04. The summed E-state index contributed by atoms with van der Waals surface area (Å²) in [4.78, 5) is 4.82. The maximum atomic E-state index is 7.57. The first-order chi connectivity index (χ1) is 16.5. The molecule has 3 aromatic rings. The van der Waals surface area contributed by atoms with Crippen molar-refractivity contribution < 1.29 is 0 Å². The van der Waals surface area contributed by atoms with E-state index in [9.17, 15) is 0 Å². The molecular weight excluding hydrogens is 422 g/mol. The van der Waals surface area contributed by atoms with E-state index in [-0.39, 0.29) is 0 Å². The van der Waals surface area contributed by atoms with Crippen molar-refractivity contribution in [1.82, 2.24) is 9.78 Å². The molecule has 6 N–H and O–H groups in total. The molecule has 7 heteroatoms. The Labute approximate surface area is 199 Å². The molecule has 0 saturated carbocycles. The zero-order valence-electron chi connectivity index (χ0n) is 19.4. The van der Waals surface area contributed by atoms with Gasteiger partial charge in [-0.1, -0.05) is 37.8 Å². The summed E-state index contributed by atoms with van der Waals surface area (Å²) in [5, 5.41) is 16.7. The van der Waals surface area contributed by atoms with Crippen molar-refractivity contribution in [2.45, 2.75) is 20.3 Å². The van der Waals surface area contributed by atoms with Crippen LogP contribution >= 0.6 is 0 Å². The van der Waals surface area contributed by atoms with E-state index in [1.165, 1.54) is 12.4 Å². The maximum absolute atomic E-state index is 7.57. The summed E-state index contributed by atoms with van der Waals surface area (Å²) in [5.74, 6) is 1.23. The van der Waals surface area contributed by atoms with Crippen molar-refractivity contribution in [3.8, 4) is 0 Å². The highest BCUT2D eigenvalue weighted by Gasteiger charge is 2.14. The van der Waals surface area contributed by atoms with Crippen LogP contribution in [0.25, 0.3) is 10.9 Å². The molecule has 0 bridgehead atoms. The lowest BCUT2D eigenvalue weighted by molar-refractivity contribution is 0.967. The largest absolute Gasteiger partial charge is 0.405 e. The Hall–Kier alpha value is -4.61. The number of hydrogen-bond donors (Lipinski definition) is 4. The Morgan fingerprint density at radius 2 is 2.06 bits per heavy atom. The van der Waals surface area contributed by atoms with E-state index in [1.54, 1.807) is 22.9 Å². The van der Waals surface area contributed by atoms with Gasteiger partial charge in [-0.15, -0.1) is 10.8 Å². The topological polar surface area (TPSA) is 118 Å². The molecule has 3 rings (SSSR count). The first-order valence-electron chi connectivity index (χ1n) is 10.9. The minimum absolute atomic E-state index is 0.544. The van der Waals surface area contributed by atoms with E-state index in [0.29, 0.717) is 28.6 Å². The van der Waals surface area contributed by atoms with E-state index >= 15 is 0 Å². The van der Waals surface area contributed by atoms with Gasteiger partial charge in [-0.05, 0) is 67.6 Å². The summed E-state index contributed by atoms with van der Waals surface area (Å²) >= 11 is 0. The molecular formula is C27H29N7. The number of nitrogens with zero attached hydrogens (tertiary/aromatic N) is 3. The van der Waals surface area contributed by atoms with Crippen LogP contribution in [0.4, 0.5) is 17.2 Å². The van der Waals surface area contributed by atoms with Crippen LogP contribution in [0, 0.1) is 5.41 Å². The minimum Gasteiger partial charge on any atom is -0.405 e. The third kappa shape index (κ3) is 5.41. The van der Waals surface area contributed by atoms with E-state index in [1.807, 2.05) is 49.4 Å². The number of nitrogen functional groups attached to an aromatic ring is 1. The Bertz CT molecular complexity index is 1360. The summed E-state index contributed by atoms with van der Waals surface area (Å²) in [5.41, 5.74) is 18.8. The molecule has 172 valence electrons. The van der Waals surface area contributed by atoms with Crippen LogP contribution in [0.15, 0.2) is 102 Å². The van der Waals surface area contributed by atoms with Gasteiger partial charge < -0.3 is 22.2 Å². The molecule has 0 aliphatic rings. The minimum atomic E-state index is 0.544. The van der Waals surface area contributed by atoms with E-state index in [4.69, 9.17) is 27.0 Å². The maximum Gasteiger partial charge on any atom is 0.160 e. The Kier molecular flexibility index (Phi) is 8.00. The monoisotopic (exact) mass is 451 g/mol. The van der Waals surface area contributed by atoms with E-state index < -0.39 is 0 Å². The summed E-state index contributed by atoms with van der Waals surface area (Å²) in [6, 6.07) is 13.3. The summed E-state index contributed by atoms with van der Waals surface area (Å²) in [6.45, 7) is 7.87. The molecule has 7 nitrogen and oxygen atoms in total. The fourth-order valence-corrected chi connectivity index (χ4v) is 3.39. The normalized spacial score (nSPS) is 12.4. The molecule has 1 heterocycles. The number of benzene rings is 2. The number of hydrogen-bond acceptors (Lipinski definition) is 6. The van der Waals surface area contributed by atoms with Crippen LogP contribution in [0.1, 0.15) is 25.8 Å². The first-order valence-corrected chi connectivity index (χ1v) is 10.9. The fourth-order valence-electron chi connectivity index (χ4n) is 3.39. The van der Waals surface area contributed by atoms with Crippen LogP contribution in [0.2, 0.25) is 0 Å². The number of anilines is 3. The number of aliphatic imine (C=N–C) groups is 1. The number of allylic oxidation sites excluding steroid dienone is 5. The second-order valence-electron chi connectivity index (χ2n) is 7.43. The third-order valence-electron chi connectivity index (χ3n) is 5.05. The van der Waals surface area contributed by atoms with Crippen LogP contribution in [0.5, 0.6) is 0 Å². The predicted molar refractivity (Wildman–Crippen MR) is 144 cm³/mol. The lowest BCUT2D eigenvalue weighted by atomic mass is 10.1. The van der Waals surface area contributed by atoms with Crippen LogP contribution in [0.3, 0.4) is 0 Å². The van der Waals surface area contributed by atoms with Gasteiger partial charge >= 0.3 is 0 Å². The summed E-state index contributed by atoms with van der Waals surface area (Å²) in [7, 11) is 0. The van der Waals surface area contributed by atoms with Crippen molar-refractivity contribution in [2.24, 2.45) is 10.7 Å². The molecule has 0 spiro atoms. The van der Waals surface area contributed by atoms with Gasteiger partial charge in [-0.2, -0.15) is 0 Å². The lowest BCUT2D eigenvalue weighted by Crippen LogP contribution is -2.12. The average Bonchev–Trinajstić information content (AvgIpc) is 3.21. The quantitative estimate of drug-likeness (QED) is 0.116. The summed E-state index contributed by atoms with van der Waals surface area (Å²) < 4.78 is 1.77. The number of aromatic nitrogens is 2. The fraction of sp³-hybridized carbons (Fsp3) is 0.111. The Morgan fingerprint density at radius 1 is 1.26 bits per heavy atom. The molecule has 0 aliphatic heterocycles. The SMILES string of the molecule is C=C=C(N=C(/C=C\C=C\N)n1nc(Nc2ccc(N)c(C=N)c2)c2ccccc21)/C(C)=C/CC. The number of para-hydroxylation sites is 1. The van der Waals surface area contributed by atoms with Crippen molar-refractivity contribution in [3.05, 3.63) is 102 Å². The van der Waals surface area contributed by atoms with Gasteiger partial charge in [-0.3, -0.25) is 0 Å². The molecule has 0 atom stereocenters. The van der Waals surface area contributed by atoms with Gasteiger partial charge in [0.2, 0.25) is 0 Å². The Morgan fingerprint density at radius 3 is 2.76 bits per heavy atom. The highest BCUT2D eigenvalue weighted by atomic mass is 15.3. The molecule has 0 unspecified atom stereocenters. The molecule has 0 aliphatic carbocycles. The molecule has 0 fully saturated rings. The van der Waals surface area contributed by atoms with E-state index in [2.05, 4.69) is 30.6 Å². The van der Waals surface area contributed by atoms with Gasteiger partial charge in [0.15, 0.2) is 11.7 Å². The van der Waals surface area contributed by atoms with E-state index in [0.717, 1.165) is 28.6 Å². The number of rotatable bonds is 8. The third-order valence-corrected chi connectivity index (χ3v) is 5.05. The second kappa shape index (κ2) is 11.3. The van der Waals surface area contributed by atoms with Gasteiger partial charge in [0.1, 0.15) is 5.70 Å². The second-order valence-corrected chi connectivity index (χ2v) is 7.43. The predicted octanol–water partition coefficient (Wildman–Crippen LogP) is 5.66. The number of nitrogens with two attached hydrogens (primary N) is 2.